The van der Waals surface area contributed by atoms with Gasteiger partial charge in [0.05, 0.1) is 7.11 Å². The molecule has 0 aliphatic carbocycles. The van der Waals surface area contributed by atoms with Crippen LogP contribution in [0.15, 0.2) is 60.8 Å². The van der Waals surface area contributed by atoms with Crippen molar-refractivity contribution in [2.24, 2.45) is 0 Å². The van der Waals surface area contributed by atoms with Gasteiger partial charge in [-0.05, 0) is 49.4 Å². The molecule has 7 heteroatoms. The highest BCUT2D eigenvalue weighted by molar-refractivity contribution is 5.57. The van der Waals surface area contributed by atoms with Gasteiger partial charge in [-0.25, -0.2) is 9.37 Å². The Morgan fingerprint density at radius 2 is 1.93 bits per heavy atom. The summed E-state index contributed by atoms with van der Waals surface area (Å²) in [6, 6.07) is 14.2. The van der Waals surface area contributed by atoms with Crippen LogP contribution >= 0.6 is 0 Å². The van der Waals surface area contributed by atoms with E-state index in [1.807, 2.05) is 0 Å². The number of ether oxygens (including phenoxy) is 2. The summed E-state index contributed by atoms with van der Waals surface area (Å²) in [6.07, 6.45) is 0.584. The maximum Gasteiger partial charge on any atom is 0.243 e. The topological polar surface area (TPSA) is 75.1 Å². The van der Waals surface area contributed by atoms with Crippen LogP contribution < -0.4 is 14.4 Å². The first kappa shape index (κ1) is 19.4. The number of rotatable bonds is 7. The number of halogens is 1. The van der Waals surface area contributed by atoms with Crippen LogP contribution in [0.5, 0.6) is 23.1 Å². The quantitative estimate of drug-likeness (QED) is 0.598. The minimum atomic E-state index is -0.933. The van der Waals surface area contributed by atoms with Gasteiger partial charge in [0.25, 0.3) is 0 Å². The largest absolute Gasteiger partial charge is 0.508 e. The van der Waals surface area contributed by atoms with Gasteiger partial charge in [0.1, 0.15) is 23.4 Å². The number of phenols is 1. The third kappa shape index (κ3) is 4.32. The molecule has 1 heterocycles. The van der Waals surface area contributed by atoms with Crippen molar-refractivity contribution in [2.45, 2.75) is 19.7 Å². The minimum Gasteiger partial charge on any atom is -0.508 e. The third-order valence-electron chi connectivity index (χ3n) is 4.18. The predicted octanol–water partition coefficient (Wildman–Crippen LogP) is 4.07. The number of aliphatic hydroxyl groups excluding tert-OH is 1. The second-order valence-corrected chi connectivity index (χ2v) is 6.11. The Kier molecular flexibility index (Phi) is 5.96. The molecule has 0 bridgehead atoms. The van der Waals surface area contributed by atoms with Crippen molar-refractivity contribution in [3.8, 4) is 23.1 Å². The number of aromatic nitrogens is 1. The number of methoxy groups -OCH3 is 1. The van der Waals surface area contributed by atoms with Crippen LogP contribution in [0.25, 0.3) is 0 Å². The number of nitrogens with zero attached hydrogens (tertiary/aromatic N) is 2. The summed E-state index contributed by atoms with van der Waals surface area (Å²) < 4.78 is 24.8. The summed E-state index contributed by atoms with van der Waals surface area (Å²) in [6.45, 7) is 1.73. The molecule has 1 atom stereocenters. The fourth-order valence-corrected chi connectivity index (χ4v) is 2.73. The van der Waals surface area contributed by atoms with Crippen LogP contribution in [0.4, 0.5) is 10.1 Å². The lowest BCUT2D eigenvalue weighted by molar-refractivity contribution is 0.185. The van der Waals surface area contributed by atoms with E-state index < -0.39 is 12.0 Å². The molecule has 3 aromatic rings. The first-order chi connectivity index (χ1) is 13.5. The molecule has 6 nitrogen and oxygen atoms in total. The van der Waals surface area contributed by atoms with E-state index in [1.54, 1.807) is 48.2 Å². The van der Waals surface area contributed by atoms with Crippen molar-refractivity contribution in [3.05, 3.63) is 72.2 Å². The van der Waals surface area contributed by atoms with E-state index in [0.717, 1.165) is 0 Å². The van der Waals surface area contributed by atoms with Crippen LogP contribution in [-0.4, -0.2) is 28.5 Å². The van der Waals surface area contributed by atoms with Gasteiger partial charge in [0.2, 0.25) is 5.88 Å². The highest BCUT2D eigenvalue weighted by atomic mass is 19.1. The van der Waals surface area contributed by atoms with Crippen LogP contribution in [0, 0.1) is 5.82 Å². The van der Waals surface area contributed by atoms with Gasteiger partial charge in [-0.1, -0.05) is 12.1 Å². The van der Waals surface area contributed by atoms with E-state index in [0.29, 0.717) is 17.0 Å². The van der Waals surface area contributed by atoms with Crippen LogP contribution in [0.1, 0.15) is 12.5 Å². The van der Waals surface area contributed by atoms with E-state index in [2.05, 4.69) is 4.98 Å². The second-order valence-electron chi connectivity index (χ2n) is 6.11. The molecule has 0 fully saturated rings. The van der Waals surface area contributed by atoms with Gasteiger partial charge in [-0.3, -0.25) is 0 Å². The smallest absolute Gasteiger partial charge is 0.243 e. The maximum atomic E-state index is 14.0. The van der Waals surface area contributed by atoms with E-state index >= 15 is 0 Å². The Bertz CT molecular complexity index is 949. The molecule has 0 radical (unpaired) electrons. The Balaban J connectivity index is 1.96. The number of benzene rings is 2. The fourth-order valence-electron chi connectivity index (χ4n) is 2.73. The summed E-state index contributed by atoms with van der Waals surface area (Å²) in [5, 5.41) is 20.5. The molecule has 1 aromatic heterocycles. The SMILES string of the molecule is COc1ccc(O)c(CN(c2cccnc2Oc2ccccc2F)C(C)O)c1. The average Bonchev–Trinajstić information content (AvgIpc) is 2.69. The zero-order valence-corrected chi connectivity index (χ0v) is 15.5. The lowest BCUT2D eigenvalue weighted by Gasteiger charge is -2.29. The van der Waals surface area contributed by atoms with Crippen molar-refractivity contribution in [3.63, 3.8) is 0 Å². The summed E-state index contributed by atoms with van der Waals surface area (Å²) in [7, 11) is 1.53. The standard InChI is InChI=1S/C21H21FN2O4/c1-14(25)24(13-15-12-16(27-2)9-10-19(15)26)18-7-5-11-23-21(18)28-20-8-4-3-6-17(20)22/h3-12,14,25-26H,13H2,1-2H3. The molecule has 3 rings (SSSR count). The molecular formula is C21H21FN2O4. The van der Waals surface area contributed by atoms with Gasteiger partial charge >= 0.3 is 0 Å². The molecule has 2 N–H and O–H groups in total. The Morgan fingerprint density at radius 3 is 2.64 bits per heavy atom. The minimum absolute atomic E-state index is 0.0252. The molecule has 0 saturated heterocycles. The first-order valence-corrected chi connectivity index (χ1v) is 8.67. The number of anilines is 1. The Hall–Kier alpha value is -3.32. The van der Waals surface area contributed by atoms with Gasteiger partial charge in [0, 0.05) is 18.3 Å². The molecule has 146 valence electrons. The highest BCUT2D eigenvalue weighted by Crippen LogP contribution is 2.34. The third-order valence-corrected chi connectivity index (χ3v) is 4.18. The molecule has 28 heavy (non-hydrogen) atoms. The van der Waals surface area contributed by atoms with Gasteiger partial charge < -0.3 is 24.6 Å². The zero-order chi connectivity index (χ0) is 20.1. The molecular weight excluding hydrogens is 363 g/mol. The molecule has 0 aliphatic rings. The normalized spacial score (nSPS) is 11.7. The maximum absolute atomic E-state index is 14.0. The lowest BCUT2D eigenvalue weighted by atomic mass is 10.1. The van der Waals surface area contributed by atoms with E-state index in [-0.39, 0.29) is 23.9 Å². The van der Waals surface area contributed by atoms with Gasteiger partial charge in [-0.15, -0.1) is 0 Å². The number of pyridine rings is 1. The zero-order valence-electron chi connectivity index (χ0n) is 15.5. The van der Waals surface area contributed by atoms with E-state index in [9.17, 15) is 14.6 Å². The van der Waals surface area contributed by atoms with Crippen molar-refractivity contribution in [2.75, 3.05) is 12.0 Å². The van der Waals surface area contributed by atoms with Crippen molar-refractivity contribution < 1.29 is 24.1 Å². The number of hydrogen-bond donors (Lipinski definition) is 2. The number of hydrogen-bond acceptors (Lipinski definition) is 6. The average molecular weight is 384 g/mol. The lowest BCUT2D eigenvalue weighted by Crippen LogP contribution is -2.32. The Labute approximate surface area is 162 Å². The van der Waals surface area contributed by atoms with Crippen molar-refractivity contribution >= 4 is 5.69 Å². The number of phenolic OH excluding ortho intramolecular Hbond substituents is 1. The first-order valence-electron chi connectivity index (χ1n) is 8.67. The highest BCUT2D eigenvalue weighted by Gasteiger charge is 2.20. The van der Waals surface area contributed by atoms with E-state index in [4.69, 9.17) is 9.47 Å². The summed E-state index contributed by atoms with van der Waals surface area (Å²) in [4.78, 5) is 5.77. The molecule has 1 unspecified atom stereocenters. The number of aromatic hydroxyl groups is 1. The van der Waals surface area contributed by atoms with Crippen molar-refractivity contribution in [1.82, 2.24) is 4.98 Å². The predicted molar refractivity (Wildman–Crippen MR) is 103 cm³/mol. The molecule has 2 aromatic carbocycles. The van der Waals surface area contributed by atoms with Crippen LogP contribution in [0.3, 0.4) is 0 Å². The summed E-state index contributed by atoms with van der Waals surface area (Å²) in [5.41, 5.74) is 0.990. The summed E-state index contributed by atoms with van der Waals surface area (Å²) >= 11 is 0. The van der Waals surface area contributed by atoms with Crippen LogP contribution in [-0.2, 0) is 6.54 Å². The summed E-state index contributed by atoms with van der Waals surface area (Å²) in [5.74, 6) is 0.278. The van der Waals surface area contributed by atoms with Gasteiger partial charge in [0.15, 0.2) is 11.6 Å². The fraction of sp³-hybridized carbons (Fsp3) is 0.190. The van der Waals surface area contributed by atoms with Crippen molar-refractivity contribution in [1.29, 1.82) is 0 Å². The number of para-hydroxylation sites is 1. The second kappa shape index (κ2) is 8.58. The van der Waals surface area contributed by atoms with Gasteiger partial charge in [-0.2, -0.15) is 0 Å². The molecule has 0 spiro atoms. The molecule has 0 saturated carbocycles. The molecule has 0 aliphatic heterocycles. The number of aliphatic hydroxyl groups is 1. The van der Waals surface area contributed by atoms with Crippen LogP contribution in [0.2, 0.25) is 0 Å². The monoisotopic (exact) mass is 384 g/mol. The molecule has 0 amide bonds. The Morgan fingerprint density at radius 1 is 1.14 bits per heavy atom. The van der Waals surface area contributed by atoms with E-state index in [1.165, 1.54) is 31.5 Å².